The van der Waals surface area contributed by atoms with Crippen molar-refractivity contribution in [1.82, 2.24) is 35.8 Å². The third-order valence-electron chi connectivity index (χ3n) is 9.09. The van der Waals surface area contributed by atoms with E-state index in [-0.39, 0.29) is 36.2 Å². The van der Waals surface area contributed by atoms with Gasteiger partial charge in [0.05, 0.1) is 23.7 Å². The number of fused-ring (bicyclic) bond motifs is 1. The van der Waals surface area contributed by atoms with E-state index in [0.717, 1.165) is 16.6 Å². The predicted octanol–water partition coefficient (Wildman–Crippen LogP) is 4.00. The van der Waals surface area contributed by atoms with Crippen LogP contribution in [-0.4, -0.2) is 91.6 Å². The van der Waals surface area contributed by atoms with Crippen molar-refractivity contribution < 1.29 is 24.2 Å². The number of carbonyl (C=O) groups excluding carboxylic acids is 3. The van der Waals surface area contributed by atoms with E-state index in [0.29, 0.717) is 31.3 Å². The van der Waals surface area contributed by atoms with Crippen molar-refractivity contribution in [2.75, 3.05) is 13.1 Å². The molecule has 1 aliphatic rings. The largest absolute Gasteiger partial charge is 0.460 e. The number of rotatable bonds is 13. The SMILES string of the molecule is Cc1ccnc(O[C@@H]2CCN(C[C@@H](O)[C@H](Cc3ccccc3)NC(=O)[C@@H](NC(=O)c3ccc4ccccc4n3)C(C)C)[C@H](C(=O)NC(C)(C)C)C2)n1. The fraction of sp³-hybridized carbons (Fsp3) is 0.450. The predicted molar refractivity (Wildman–Crippen MR) is 200 cm³/mol. The molecule has 52 heavy (non-hydrogen) atoms. The number of aryl methyl sites for hydroxylation is 1. The maximum Gasteiger partial charge on any atom is 0.316 e. The first-order valence-corrected chi connectivity index (χ1v) is 18.0. The highest BCUT2D eigenvalue weighted by Gasteiger charge is 2.38. The van der Waals surface area contributed by atoms with Gasteiger partial charge in [-0.05, 0) is 70.2 Å². The summed E-state index contributed by atoms with van der Waals surface area (Å²) in [7, 11) is 0. The Balaban J connectivity index is 1.33. The molecule has 12 heteroatoms. The minimum absolute atomic E-state index is 0.118. The van der Waals surface area contributed by atoms with Crippen LogP contribution in [0.4, 0.5) is 0 Å². The molecule has 1 fully saturated rings. The number of ether oxygens (including phenoxy) is 1. The molecule has 2 aromatic heterocycles. The van der Waals surface area contributed by atoms with Gasteiger partial charge in [0.2, 0.25) is 11.8 Å². The molecule has 276 valence electrons. The van der Waals surface area contributed by atoms with Crippen molar-refractivity contribution in [3.8, 4) is 6.01 Å². The number of pyridine rings is 1. The van der Waals surface area contributed by atoms with Crippen LogP contribution in [0.25, 0.3) is 10.9 Å². The van der Waals surface area contributed by atoms with Gasteiger partial charge in [0, 0.05) is 42.3 Å². The number of aromatic nitrogens is 3. The highest BCUT2D eigenvalue weighted by molar-refractivity contribution is 5.98. The quantitative estimate of drug-likeness (QED) is 0.161. The second kappa shape index (κ2) is 17.1. The van der Waals surface area contributed by atoms with Gasteiger partial charge >= 0.3 is 6.01 Å². The third kappa shape index (κ3) is 10.5. The topological polar surface area (TPSA) is 159 Å². The summed E-state index contributed by atoms with van der Waals surface area (Å²) in [6.45, 7) is 11.9. The zero-order valence-electron chi connectivity index (χ0n) is 30.9. The van der Waals surface area contributed by atoms with E-state index in [4.69, 9.17) is 4.74 Å². The number of hydrogen-bond acceptors (Lipinski definition) is 9. The molecule has 4 N–H and O–H groups in total. The van der Waals surface area contributed by atoms with E-state index < -0.39 is 41.6 Å². The Hall–Kier alpha value is -4.94. The van der Waals surface area contributed by atoms with E-state index in [1.54, 1.807) is 18.3 Å². The summed E-state index contributed by atoms with van der Waals surface area (Å²) < 4.78 is 6.13. The smallest absolute Gasteiger partial charge is 0.316 e. The molecule has 2 aromatic carbocycles. The molecule has 4 aromatic rings. The van der Waals surface area contributed by atoms with Crippen LogP contribution in [0.1, 0.15) is 69.2 Å². The van der Waals surface area contributed by atoms with Gasteiger partial charge in [-0.15, -0.1) is 0 Å². The van der Waals surface area contributed by atoms with E-state index in [9.17, 15) is 19.5 Å². The number of nitrogens with one attached hydrogen (secondary N) is 3. The van der Waals surface area contributed by atoms with Gasteiger partial charge in [-0.2, -0.15) is 0 Å². The van der Waals surface area contributed by atoms with Crippen LogP contribution in [0.3, 0.4) is 0 Å². The summed E-state index contributed by atoms with van der Waals surface area (Å²) in [6.07, 6.45) is 1.57. The van der Waals surface area contributed by atoms with Crippen molar-refractivity contribution in [2.45, 2.75) is 96.7 Å². The van der Waals surface area contributed by atoms with Crippen LogP contribution in [0, 0.1) is 12.8 Å². The Labute approximate surface area is 305 Å². The van der Waals surface area contributed by atoms with Crippen LogP contribution in [-0.2, 0) is 16.0 Å². The highest BCUT2D eigenvalue weighted by Crippen LogP contribution is 2.24. The van der Waals surface area contributed by atoms with Crippen molar-refractivity contribution >= 4 is 28.6 Å². The normalized spacial score (nSPS) is 18.3. The monoisotopic (exact) mass is 709 g/mol. The van der Waals surface area contributed by atoms with E-state index in [1.165, 1.54) is 0 Å². The summed E-state index contributed by atoms with van der Waals surface area (Å²) >= 11 is 0. The number of likely N-dealkylation sites (tertiary alicyclic amines) is 1. The Morgan fingerprint density at radius 3 is 2.40 bits per heavy atom. The lowest BCUT2D eigenvalue weighted by molar-refractivity contribution is -0.132. The van der Waals surface area contributed by atoms with E-state index in [1.807, 2.05) is 107 Å². The summed E-state index contributed by atoms with van der Waals surface area (Å²) in [4.78, 5) is 56.1. The molecule has 0 radical (unpaired) electrons. The molecule has 3 amide bonds. The van der Waals surface area contributed by atoms with Crippen LogP contribution < -0.4 is 20.7 Å². The summed E-state index contributed by atoms with van der Waals surface area (Å²) in [5.74, 6) is -1.32. The Bertz CT molecular complexity index is 1830. The molecule has 12 nitrogen and oxygen atoms in total. The van der Waals surface area contributed by atoms with Crippen molar-refractivity contribution in [3.63, 3.8) is 0 Å². The molecule has 1 saturated heterocycles. The highest BCUT2D eigenvalue weighted by atomic mass is 16.5. The van der Waals surface area contributed by atoms with Crippen LogP contribution in [0.15, 0.2) is 79.0 Å². The van der Waals surface area contributed by atoms with Crippen molar-refractivity contribution in [1.29, 1.82) is 0 Å². The number of hydrogen-bond donors (Lipinski definition) is 4. The van der Waals surface area contributed by atoms with Gasteiger partial charge in [0.15, 0.2) is 0 Å². The van der Waals surface area contributed by atoms with Crippen LogP contribution >= 0.6 is 0 Å². The lowest BCUT2D eigenvalue weighted by Crippen LogP contribution is -2.60. The number of aliphatic hydroxyl groups is 1. The van der Waals surface area contributed by atoms with Gasteiger partial charge < -0.3 is 25.8 Å². The number of piperidine rings is 1. The molecule has 0 saturated carbocycles. The zero-order valence-corrected chi connectivity index (χ0v) is 30.9. The fourth-order valence-electron chi connectivity index (χ4n) is 6.40. The number of β-amino-alcohol motifs (C(OH)–C–C–N with tert-alkyl or cyclic N) is 1. The number of nitrogens with zero attached hydrogens (tertiary/aromatic N) is 4. The van der Waals surface area contributed by atoms with Crippen LogP contribution in [0.2, 0.25) is 0 Å². The van der Waals surface area contributed by atoms with Crippen LogP contribution in [0.5, 0.6) is 6.01 Å². The standard InChI is InChI=1S/C40H51N7O5/c1-25(2)35(45-36(49)31-17-16-28-14-10-11-15-30(28)43-31)38(51)44-32(22-27-12-8-7-9-13-27)34(48)24-47-21-19-29(52-39-41-20-18-26(3)42-39)23-33(47)37(50)46-40(4,5)6/h7-18,20,25,29,32-35,48H,19,21-24H2,1-6H3,(H,44,51)(H,45,49)(H,46,50)/t29-,32+,33+,34-,35+/m1/s1. The van der Waals surface area contributed by atoms with Gasteiger partial charge in [-0.3, -0.25) is 19.3 Å². The first-order valence-electron chi connectivity index (χ1n) is 18.0. The Kier molecular flexibility index (Phi) is 12.6. The van der Waals surface area contributed by atoms with E-state index in [2.05, 4.69) is 30.9 Å². The van der Waals surface area contributed by atoms with Crippen molar-refractivity contribution in [2.24, 2.45) is 5.92 Å². The minimum atomic E-state index is -1.06. The average molecular weight is 710 g/mol. The summed E-state index contributed by atoms with van der Waals surface area (Å²) in [5, 5.41) is 21.8. The second-order valence-corrected chi connectivity index (χ2v) is 15.0. The number of amides is 3. The first-order chi connectivity index (χ1) is 24.8. The van der Waals surface area contributed by atoms with Gasteiger partial charge in [-0.1, -0.05) is 68.4 Å². The molecule has 1 aliphatic heterocycles. The molecular weight excluding hydrogens is 658 g/mol. The minimum Gasteiger partial charge on any atom is -0.460 e. The zero-order chi connectivity index (χ0) is 37.4. The molecule has 0 spiro atoms. The lowest BCUT2D eigenvalue weighted by Gasteiger charge is -2.41. The molecule has 0 bridgehead atoms. The number of benzene rings is 2. The third-order valence-corrected chi connectivity index (χ3v) is 9.09. The molecule has 3 heterocycles. The molecule has 0 aliphatic carbocycles. The second-order valence-electron chi connectivity index (χ2n) is 15.0. The molecule has 5 atom stereocenters. The first kappa shape index (κ1) is 38.3. The van der Waals surface area contributed by atoms with Gasteiger partial charge in [0.25, 0.3) is 5.91 Å². The number of carbonyl (C=O) groups is 3. The van der Waals surface area contributed by atoms with Gasteiger partial charge in [-0.25, -0.2) is 15.0 Å². The average Bonchev–Trinajstić information content (AvgIpc) is 3.10. The maximum absolute atomic E-state index is 14.0. The molecule has 5 rings (SSSR count). The lowest BCUT2D eigenvalue weighted by atomic mass is 9.94. The maximum atomic E-state index is 14.0. The summed E-state index contributed by atoms with van der Waals surface area (Å²) in [6, 6.07) is 20.4. The fourth-order valence-corrected chi connectivity index (χ4v) is 6.40. The number of para-hydroxylation sites is 1. The molecule has 0 unspecified atom stereocenters. The number of aliphatic hydroxyl groups excluding tert-OH is 1. The summed E-state index contributed by atoms with van der Waals surface area (Å²) in [5.41, 5.74) is 2.12. The van der Waals surface area contributed by atoms with E-state index >= 15 is 0 Å². The Morgan fingerprint density at radius 2 is 1.69 bits per heavy atom. The van der Waals surface area contributed by atoms with Crippen molar-refractivity contribution in [3.05, 3.63) is 95.9 Å². The van der Waals surface area contributed by atoms with Gasteiger partial charge in [0.1, 0.15) is 17.8 Å². The Morgan fingerprint density at radius 1 is 0.962 bits per heavy atom. The molecular formula is C40H51N7O5.